The van der Waals surface area contributed by atoms with Crippen molar-refractivity contribution < 1.29 is 14.3 Å². The van der Waals surface area contributed by atoms with E-state index in [1.807, 2.05) is 24.3 Å². The van der Waals surface area contributed by atoms with Crippen molar-refractivity contribution in [3.05, 3.63) is 58.9 Å². The van der Waals surface area contributed by atoms with Gasteiger partial charge in [-0.1, -0.05) is 23.7 Å². The topological polar surface area (TPSA) is 62.7 Å². The monoisotopic (exact) mass is 385 g/mol. The first-order valence-electron chi connectivity index (χ1n) is 8.95. The lowest BCUT2D eigenvalue weighted by molar-refractivity contribution is -0.143. The minimum atomic E-state index is -0.548. The smallest absolute Gasteiger partial charge is 0.275 e. The summed E-state index contributed by atoms with van der Waals surface area (Å²) in [4.78, 5) is 30.3. The van der Waals surface area contributed by atoms with Crippen LogP contribution in [0.1, 0.15) is 35.2 Å². The van der Waals surface area contributed by atoms with E-state index in [0.717, 1.165) is 30.6 Å². The van der Waals surface area contributed by atoms with E-state index in [-0.39, 0.29) is 17.0 Å². The predicted molar refractivity (Wildman–Crippen MR) is 101 cm³/mol. The van der Waals surface area contributed by atoms with Gasteiger partial charge in [0, 0.05) is 19.3 Å². The Morgan fingerprint density at radius 1 is 1.11 bits per heavy atom. The first kappa shape index (κ1) is 17.8. The normalized spacial score (nSPS) is 17.7. The van der Waals surface area contributed by atoms with Crippen molar-refractivity contribution in [2.45, 2.75) is 24.7 Å². The van der Waals surface area contributed by atoms with Crippen molar-refractivity contribution in [3.8, 4) is 5.75 Å². The summed E-state index contributed by atoms with van der Waals surface area (Å²) in [6.07, 6.45) is 3.84. The second kappa shape index (κ2) is 6.85. The number of carbonyl (C=O) groups is 2. The molecule has 0 bridgehead atoms. The van der Waals surface area contributed by atoms with Gasteiger partial charge in [-0.15, -0.1) is 0 Å². The van der Waals surface area contributed by atoms with Crippen LogP contribution in [-0.4, -0.2) is 47.0 Å². The van der Waals surface area contributed by atoms with E-state index in [2.05, 4.69) is 4.98 Å². The maximum absolute atomic E-state index is 13.4. The number of aromatic nitrogens is 1. The molecule has 140 valence electrons. The summed E-state index contributed by atoms with van der Waals surface area (Å²) in [6.45, 7) is 1.02. The number of amides is 2. The predicted octanol–water partition coefficient (Wildman–Crippen LogP) is 3.06. The van der Waals surface area contributed by atoms with Crippen molar-refractivity contribution in [2.24, 2.45) is 0 Å². The molecule has 1 aromatic carbocycles. The Balaban J connectivity index is 1.59. The number of hydrogen-bond acceptors (Lipinski definition) is 4. The fourth-order valence-electron chi connectivity index (χ4n) is 3.63. The lowest BCUT2D eigenvalue weighted by atomic mass is 9.94. The molecule has 27 heavy (non-hydrogen) atoms. The van der Waals surface area contributed by atoms with Crippen LogP contribution in [0.2, 0.25) is 5.15 Å². The Morgan fingerprint density at radius 2 is 1.81 bits per heavy atom. The number of benzene rings is 1. The average Bonchev–Trinajstić information content (AvgIpc) is 3.37. The van der Waals surface area contributed by atoms with Gasteiger partial charge >= 0.3 is 0 Å². The molecule has 0 atom stereocenters. The second-order valence-electron chi connectivity index (χ2n) is 6.86. The fourth-order valence-corrected chi connectivity index (χ4v) is 3.83. The van der Waals surface area contributed by atoms with Crippen LogP contribution in [0.4, 0.5) is 0 Å². The zero-order valence-corrected chi connectivity index (χ0v) is 15.8. The molecule has 2 heterocycles. The van der Waals surface area contributed by atoms with Crippen LogP contribution in [0.25, 0.3) is 0 Å². The number of carbonyl (C=O) groups excluding carboxylic acids is 2. The van der Waals surface area contributed by atoms with E-state index >= 15 is 0 Å². The highest BCUT2D eigenvalue weighted by molar-refractivity contribution is 6.32. The number of rotatable bonds is 4. The molecular weight excluding hydrogens is 366 g/mol. The first-order chi connectivity index (χ1) is 13.1. The highest BCUT2D eigenvalue weighted by atomic mass is 35.5. The SMILES string of the molecule is COc1ccc(C2(C(=O)N3CCCN3C(=O)c3cccnc3Cl)CC2)cc1. The Kier molecular flexibility index (Phi) is 4.52. The van der Waals surface area contributed by atoms with Crippen LogP contribution >= 0.6 is 11.6 Å². The molecule has 1 aliphatic carbocycles. The van der Waals surface area contributed by atoms with E-state index < -0.39 is 5.41 Å². The van der Waals surface area contributed by atoms with Crippen LogP contribution in [0.15, 0.2) is 42.6 Å². The molecule has 2 fully saturated rings. The Labute approximate surface area is 162 Å². The molecule has 2 aliphatic rings. The first-order valence-corrected chi connectivity index (χ1v) is 9.33. The highest BCUT2D eigenvalue weighted by Gasteiger charge is 2.55. The van der Waals surface area contributed by atoms with Crippen molar-refractivity contribution in [1.29, 1.82) is 0 Å². The van der Waals surface area contributed by atoms with Gasteiger partial charge in [-0.25, -0.2) is 9.99 Å². The zero-order chi connectivity index (χ0) is 19.0. The third-order valence-corrected chi connectivity index (χ3v) is 5.59. The minimum absolute atomic E-state index is 0.0291. The third kappa shape index (κ3) is 3.04. The molecule has 1 saturated carbocycles. The lowest BCUT2D eigenvalue weighted by Crippen LogP contribution is -2.49. The van der Waals surface area contributed by atoms with Crippen LogP contribution in [0, 0.1) is 0 Å². The van der Waals surface area contributed by atoms with Gasteiger partial charge in [0.2, 0.25) is 0 Å². The Morgan fingerprint density at radius 3 is 2.44 bits per heavy atom. The molecule has 0 spiro atoms. The molecule has 0 N–H and O–H groups in total. The molecule has 4 rings (SSSR count). The largest absolute Gasteiger partial charge is 0.497 e. The van der Waals surface area contributed by atoms with E-state index in [1.54, 1.807) is 24.3 Å². The average molecular weight is 386 g/mol. The van der Waals surface area contributed by atoms with Gasteiger partial charge in [0.15, 0.2) is 0 Å². The number of methoxy groups -OCH3 is 1. The van der Waals surface area contributed by atoms with E-state index in [4.69, 9.17) is 16.3 Å². The molecule has 1 aliphatic heterocycles. The van der Waals surface area contributed by atoms with Crippen molar-refractivity contribution in [2.75, 3.05) is 20.2 Å². The van der Waals surface area contributed by atoms with Gasteiger partial charge in [0.05, 0.1) is 18.1 Å². The molecule has 0 unspecified atom stereocenters. The number of ether oxygens (including phenoxy) is 1. The zero-order valence-electron chi connectivity index (χ0n) is 15.0. The van der Waals surface area contributed by atoms with Crippen LogP contribution in [-0.2, 0) is 10.2 Å². The van der Waals surface area contributed by atoms with Gasteiger partial charge in [0.1, 0.15) is 10.9 Å². The summed E-state index contributed by atoms with van der Waals surface area (Å²) in [5.74, 6) is 0.439. The maximum atomic E-state index is 13.4. The minimum Gasteiger partial charge on any atom is -0.497 e. The maximum Gasteiger partial charge on any atom is 0.275 e. The summed E-state index contributed by atoms with van der Waals surface area (Å²) < 4.78 is 5.20. The van der Waals surface area contributed by atoms with E-state index in [0.29, 0.717) is 18.7 Å². The quantitative estimate of drug-likeness (QED) is 0.759. The molecular formula is C20H20ClN3O3. The van der Waals surface area contributed by atoms with Gasteiger partial charge in [0.25, 0.3) is 11.8 Å². The highest BCUT2D eigenvalue weighted by Crippen LogP contribution is 2.50. The summed E-state index contributed by atoms with van der Waals surface area (Å²) in [7, 11) is 1.62. The van der Waals surface area contributed by atoms with E-state index in [1.165, 1.54) is 11.2 Å². The number of pyridine rings is 1. The standard InChI is InChI=1S/C20H20ClN3O3/c1-27-15-7-5-14(6-8-15)20(9-10-20)19(26)24-13-3-12-23(24)18(25)16-4-2-11-22-17(16)21/h2,4-8,11H,3,9-10,12-13H2,1H3. The van der Waals surface area contributed by atoms with E-state index in [9.17, 15) is 9.59 Å². The molecule has 2 aromatic rings. The van der Waals surface area contributed by atoms with Crippen molar-refractivity contribution in [1.82, 2.24) is 15.0 Å². The lowest BCUT2D eigenvalue weighted by Gasteiger charge is -2.31. The van der Waals surface area contributed by atoms with Gasteiger partial charge in [-0.3, -0.25) is 14.6 Å². The van der Waals surface area contributed by atoms with Gasteiger partial charge in [-0.2, -0.15) is 0 Å². The summed E-state index contributed by atoms with van der Waals surface area (Å²) in [6, 6.07) is 10.9. The molecule has 2 amide bonds. The number of halogens is 1. The van der Waals surface area contributed by atoms with Gasteiger partial charge in [-0.05, 0) is 49.1 Å². The Bertz CT molecular complexity index is 880. The number of hydrazine groups is 1. The Hall–Kier alpha value is -2.60. The summed E-state index contributed by atoms with van der Waals surface area (Å²) >= 11 is 6.08. The molecule has 7 heteroatoms. The van der Waals surface area contributed by atoms with Gasteiger partial charge < -0.3 is 4.74 Å². The van der Waals surface area contributed by atoms with Crippen molar-refractivity contribution in [3.63, 3.8) is 0 Å². The summed E-state index contributed by atoms with van der Waals surface area (Å²) in [5, 5.41) is 3.25. The van der Waals surface area contributed by atoms with Crippen molar-refractivity contribution >= 4 is 23.4 Å². The molecule has 0 radical (unpaired) electrons. The van der Waals surface area contributed by atoms with Crippen LogP contribution in [0.3, 0.4) is 0 Å². The number of nitrogens with zero attached hydrogens (tertiary/aromatic N) is 3. The molecule has 6 nitrogen and oxygen atoms in total. The van der Waals surface area contributed by atoms with Crippen LogP contribution < -0.4 is 4.74 Å². The summed E-state index contributed by atoms with van der Waals surface area (Å²) in [5.41, 5.74) is 0.730. The fraction of sp³-hybridized carbons (Fsp3) is 0.350. The molecule has 1 aromatic heterocycles. The molecule has 1 saturated heterocycles. The van der Waals surface area contributed by atoms with Crippen LogP contribution in [0.5, 0.6) is 5.75 Å². The number of hydrogen-bond donors (Lipinski definition) is 0. The third-order valence-electron chi connectivity index (χ3n) is 5.29. The second-order valence-corrected chi connectivity index (χ2v) is 7.22.